The van der Waals surface area contributed by atoms with Gasteiger partial charge in [-0.3, -0.25) is 4.79 Å². The van der Waals surface area contributed by atoms with Crippen molar-refractivity contribution in [1.82, 2.24) is 0 Å². The summed E-state index contributed by atoms with van der Waals surface area (Å²) in [5.41, 5.74) is -0.833. The van der Waals surface area contributed by atoms with Gasteiger partial charge >= 0.3 is 5.97 Å². The number of rotatable bonds is 2. The molecule has 0 aliphatic heterocycles. The summed E-state index contributed by atoms with van der Waals surface area (Å²) in [5, 5.41) is 0. The third kappa shape index (κ3) is 1.54. The molecule has 0 aromatic carbocycles. The van der Waals surface area contributed by atoms with Gasteiger partial charge in [0, 0.05) is 12.3 Å². The second-order valence-electron chi connectivity index (χ2n) is 4.69. The van der Waals surface area contributed by atoms with Crippen LogP contribution in [0.3, 0.4) is 0 Å². The zero-order chi connectivity index (χ0) is 11.1. The largest absolute Gasteiger partial charge is 0.465 e. The van der Waals surface area contributed by atoms with Gasteiger partial charge in [-0.15, -0.1) is 0 Å². The molecule has 4 heteroatoms. The van der Waals surface area contributed by atoms with Crippen molar-refractivity contribution < 1.29 is 18.3 Å². The Morgan fingerprint density at radius 2 is 1.93 bits per heavy atom. The Kier molecular flexibility index (Phi) is 2.47. The molecule has 0 heterocycles. The SMILES string of the molecule is CC(=O)OCC1C(F)(F)C12CCCCC2. The van der Waals surface area contributed by atoms with Crippen LogP contribution < -0.4 is 0 Å². The lowest BCUT2D eigenvalue weighted by atomic mass is 9.84. The van der Waals surface area contributed by atoms with Crippen molar-refractivity contribution in [3.05, 3.63) is 0 Å². The highest BCUT2D eigenvalue weighted by molar-refractivity contribution is 5.66. The number of halogens is 2. The highest BCUT2D eigenvalue weighted by Gasteiger charge is 2.79. The molecule has 0 aromatic heterocycles. The van der Waals surface area contributed by atoms with Crippen LogP contribution >= 0.6 is 0 Å². The van der Waals surface area contributed by atoms with Crippen LogP contribution in [0.4, 0.5) is 8.78 Å². The van der Waals surface area contributed by atoms with Crippen LogP contribution in [0.1, 0.15) is 39.0 Å². The molecule has 2 rings (SSSR count). The zero-order valence-electron chi connectivity index (χ0n) is 8.89. The first-order chi connectivity index (χ1) is 7.01. The molecular formula is C11H16F2O2. The lowest BCUT2D eigenvalue weighted by Gasteiger charge is -2.21. The topological polar surface area (TPSA) is 26.3 Å². The number of carbonyl (C=O) groups excluding carboxylic acids is 1. The highest BCUT2D eigenvalue weighted by Crippen LogP contribution is 2.71. The molecule has 2 aliphatic rings. The van der Waals surface area contributed by atoms with Gasteiger partial charge in [0.2, 0.25) is 0 Å². The molecule has 0 saturated heterocycles. The van der Waals surface area contributed by atoms with Gasteiger partial charge < -0.3 is 4.74 Å². The number of alkyl halides is 2. The van der Waals surface area contributed by atoms with E-state index >= 15 is 0 Å². The van der Waals surface area contributed by atoms with E-state index in [-0.39, 0.29) is 6.61 Å². The van der Waals surface area contributed by atoms with Gasteiger partial charge in [-0.1, -0.05) is 19.3 Å². The molecule has 0 bridgehead atoms. The van der Waals surface area contributed by atoms with Gasteiger partial charge in [0.25, 0.3) is 5.92 Å². The van der Waals surface area contributed by atoms with Gasteiger partial charge in [0.1, 0.15) is 6.61 Å². The summed E-state index contributed by atoms with van der Waals surface area (Å²) in [7, 11) is 0. The normalized spacial score (nSPS) is 31.3. The average molecular weight is 218 g/mol. The zero-order valence-corrected chi connectivity index (χ0v) is 8.89. The van der Waals surface area contributed by atoms with E-state index in [9.17, 15) is 13.6 Å². The third-order valence-electron chi connectivity index (χ3n) is 3.88. The molecule has 15 heavy (non-hydrogen) atoms. The Balaban J connectivity index is 1.98. The van der Waals surface area contributed by atoms with Gasteiger partial charge in [-0.05, 0) is 12.8 Å². The molecule has 0 radical (unpaired) electrons. The fraction of sp³-hybridized carbons (Fsp3) is 0.909. The molecule has 1 spiro atoms. The third-order valence-corrected chi connectivity index (χ3v) is 3.88. The summed E-state index contributed by atoms with van der Waals surface area (Å²) < 4.78 is 31.9. The second kappa shape index (κ2) is 3.42. The lowest BCUT2D eigenvalue weighted by molar-refractivity contribution is -0.142. The van der Waals surface area contributed by atoms with E-state index in [1.165, 1.54) is 6.92 Å². The van der Waals surface area contributed by atoms with Crippen molar-refractivity contribution in [2.24, 2.45) is 11.3 Å². The van der Waals surface area contributed by atoms with Gasteiger partial charge in [-0.25, -0.2) is 8.78 Å². The Bertz CT molecular complexity index is 270. The summed E-state index contributed by atoms with van der Waals surface area (Å²) in [6, 6.07) is 0. The molecule has 0 aromatic rings. The van der Waals surface area contributed by atoms with Gasteiger partial charge in [0.15, 0.2) is 0 Å². The van der Waals surface area contributed by atoms with Crippen LogP contribution in [0.15, 0.2) is 0 Å². The Labute approximate surface area is 88.0 Å². The van der Waals surface area contributed by atoms with Crippen LogP contribution in [-0.2, 0) is 9.53 Å². The maximum atomic E-state index is 13.6. The fourth-order valence-corrected chi connectivity index (χ4v) is 2.92. The number of carbonyl (C=O) groups is 1. The molecule has 2 fully saturated rings. The minimum atomic E-state index is -2.61. The molecule has 86 valence electrons. The van der Waals surface area contributed by atoms with Crippen molar-refractivity contribution >= 4 is 5.97 Å². The van der Waals surface area contributed by atoms with E-state index in [4.69, 9.17) is 4.74 Å². The standard InChI is InChI=1S/C11H16F2O2/c1-8(14)15-7-9-10(11(9,12)13)5-3-2-4-6-10/h9H,2-7H2,1H3. The molecule has 2 nitrogen and oxygen atoms in total. The first kappa shape index (κ1) is 10.8. The maximum Gasteiger partial charge on any atom is 0.302 e. The summed E-state index contributed by atoms with van der Waals surface area (Å²) in [5.74, 6) is -3.80. The molecule has 2 saturated carbocycles. The maximum absolute atomic E-state index is 13.6. The Morgan fingerprint density at radius 3 is 2.47 bits per heavy atom. The smallest absolute Gasteiger partial charge is 0.302 e. The molecule has 1 atom stereocenters. The first-order valence-corrected chi connectivity index (χ1v) is 5.52. The van der Waals surface area contributed by atoms with Crippen LogP contribution in [0.5, 0.6) is 0 Å². The Hall–Kier alpha value is -0.670. The molecule has 0 amide bonds. The van der Waals surface area contributed by atoms with Crippen molar-refractivity contribution in [2.45, 2.75) is 45.0 Å². The predicted molar refractivity (Wildman–Crippen MR) is 50.6 cm³/mol. The quantitative estimate of drug-likeness (QED) is 0.666. The molecule has 0 N–H and O–H groups in total. The van der Waals surface area contributed by atoms with Crippen molar-refractivity contribution in [2.75, 3.05) is 6.61 Å². The molecular weight excluding hydrogens is 202 g/mol. The van der Waals surface area contributed by atoms with E-state index in [1.807, 2.05) is 0 Å². The van der Waals surface area contributed by atoms with E-state index < -0.39 is 23.2 Å². The van der Waals surface area contributed by atoms with Crippen molar-refractivity contribution in [3.63, 3.8) is 0 Å². The van der Waals surface area contributed by atoms with E-state index in [2.05, 4.69) is 0 Å². The summed E-state index contributed by atoms with van der Waals surface area (Å²) in [4.78, 5) is 10.6. The van der Waals surface area contributed by atoms with Crippen LogP contribution in [0.2, 0.25) is 0 Å². The first-order valence-electron chi connectivity index (χ1n) is 5.52. The van der Waals surface area contributed by atoms with Gasteiger partial charge in [-0.2, -0.15) is 0 Å². The molecule has 1 unspecified atom stereocenters. The van der Waals surface area contributed by atoms with Crippen molar-refractivity contribution in [1.29, 1.82) is 0 Å². The van der Waals surface area contributed by atoms with E-state index in [0.29, 0.717) is 12.8 Å². The average Bonchev–Trinajstić information content (AvgIpc) is 2.60. The van der Waals surface area contributed by atoms with Crippen molar-refractivity contribution in [3.8, 4) is 0 Å². The monoisotopic (exact) mass is 218 g/mol. The second-order valence-corrected chi connectivity index (χ2v) is 4.69. The lowest BCUT2D eigenvalue weighted by Crippen LogP contribution is -2.15. The highest BCUT2D eigenvalue weighted by atomic mass is 19.3. The fourth-order valence-electron chi connectivity index (χ4n) is 2.92. The number of esters is 1. The molecule has 2 aliphatic carbocycles. The summed E-state index contributed by atoms with van der Waals surface area (Å²) in [6.45, 7) is 1.15. The van der Waals surface area contributed by atoms with Gasteiger partial charge in [0.05, 0.1) is 5.92 Å². The van der Waals surface area contributed by atoms with E-state index in [1.54, 1.807) is 0 Å². The van der Waals surface area contributed by atoms with Crippen LogP contribution in [0.25, 0.3) is 0 Å². The number of hydrogen-bond acceptors (Lipinski definition) is 2. The number of hydrogen-bond donors (Lipinski definition) is 0. The number of ether oxygens (including phenoxy) is 1. The predicted octanol–water partition coefficient (Wildman–Crippen LogP) is 2.77. The van der Waals surface area contributed by atoms with Crippen LogP contribution in [0, 0.1) is 11.3 Å². The summed E-state index contributed by atoms with van der Waals surface area (Å²) >= 11 is 0. The minimum Gasteiger partial charge on any atom is -0.465 e. The summed E-state index contributed by atoms with van der Waals surface area (Å²) in [6.07, 6.45) is 3.99. The Morgan fingerprint density at radius 1 is 1.33 bits per heavy atom. The van der Waals surface area contributed by atoms with Crippen LogP contribution in [-0.4, -0.2) is 18.5 Å². The van der Waals surface area contributed by atoms with E-state index in [0.717, 1.165) is 19.3 Å². The minimum absolute atomic E-state index is 0.109.